The highest BCUT2D eigenvalue weighted by Crippen LogP contribution is 2.31. The number of aromatic nitrogens is 5. The molecular formula is C19H14Cl2N8O3. The molecule has 4 N–H and O–H groups in total. The van der Waals surface area contributed by atoms with Crippen molar-refractivity contribution in [2.45, 2.75) is 6.92 Å². The number of nitrogens with two attached hydrogens (primary N) is 1. The number of hydrogen-bond acceptors (Lipinski definition) is 9. The molecule has 32 heavy (non-hydrogen) atoms. The molecule has 0 saturated heterocycles. The first-order valence-corrected chi connectivity index (χ1v) is 9.75. The Hall–Kier alpha value is -3.96. The third-order valence-electron chi connectivity index (χ3n) is 4.39. The highest BCUT2D eigenvalue weighted by Gasteiger charge is 2.25. The number of nitrogen functional groups attached to an aromatic ring is 1. The topological polar surface area (TPSA) is 157 Å². The first-order valence-electron chi connectivity index (χ1n) is 8.99. The van der Waals surface area contributed by atoms with Crippen LogP contribution in [0.5, 0.6) is 5.75 Å². The van der Waals surface area contributed by atoms with Crippen LogP contribution < -0.4 is 11.2 Å². The van der Waals surface area contributed by atoms with Crippen molar-refractivity contribution >= 4 is 40.6 Å². The molecule has 0 spiro atoms. The van der Waals surface area contributed by atoms with E-state index < -0.39 is 5.91 Å². The predicted molar refractivity (Wildman–Crippen MR) is 117 cm³/mol. The summed E-state index contributed by atoms with van der Waals surface area (Å²) in [5.41, 5.74) is 9.60. The Balaban J connectivity index is 1.75. The molecule has 0 saturated carbocycles. The van der Waals surface area contributed by atoms with Crippen molar-refractivity contribution < 1.29 is 14.5 Å². The van der Waals surface area contributed by atoms with Gasteiger partial charge in [0.1, 0.15) is 11.4 Å². The van der Waals surface area contributed by atoms with Gasteiger partial charge >= 0.3 is 0 Å². The largest absolute Gasteiger partial charge is 0.507 e. The second-order valence-corrected chi connectivity index (χ2v) is 7.27. The van der Waals surface area contributed by atoms with Crippen LogP contribution in [0.25, 0.3) is 17.1 Å². The van der Waals surface area contributed by atoms with Crippen molar-refractivity contribution in [3.05, 3.63) is 63.8 Å². The summed E-state index contributed by atoms with van der Waals surface area (Å²) in [5, 5.41) is 29.7. The Morgan fingerprint density at radius 2 is 1.97 bits per heavy atom. The highest BCUT2D eigenvalue weighted by molar-refractivity contribution is 6.42. The van der Waals surface area contributed by atoms with Crippen molar-refractivity contribution in [2.24, 2.45) is 5.10 Å². The Kier molecular flexibility index (Phi) is 5.75. The maximum Gasteiger partial charge on any atom is 0.294 e. The van der Waals surface area contributed by atoms with Crippen LogP contribution in [0.2, 0.25) is 10.0 Å². The molecule has 13 heteroatoms. The monoisotopic (exact) mass is 472 g/mol. The van der Waals surface area contributed by atoms with E-state index in [0.29, 0.717) is 21.9 Å². The van der Waals surface area contributed by atoms with E-state index >= 15 is 0 Å². The third-order valence-corrected chi connectivity index (χ3v) is 5.13. The van der Waals surface area contributed by atoms with Gasteiger partial charge in [0.05, 0.1) is 15.8 Å². The van der Waals surface area contributed by atoms with Crippen LogP contribution >= 0.6 is 23.2 Å². The van der Waals surface area contributed by atoms with Crippen molar-refractivity contribution in [3.8, 4) is 22.8 Å². The molecule has 162 valence electrons. The second kappa shape index (κ2) is 8.65. The third kappa shape index (κ3) is 3.98. The molecule has 0 bridgehead atoms. The number of anilines is 1. The van der Waals surface area contributed by atoms with Crippen LogP contribution in [0.1, 0.15) is 23.0 Å². The molecule has 4 rings (SSSR count). The van der Waals surface area contributed by atoms with Gasteiger partial charge in [0.2, 0.25) is 11.6 Å². The summed E-state index contributed by atoms with van der Waals surface area (Å²) < 4.78 is 5.83. The molecule has 0 unspecified atom stereocenters. The summed E-state index contributed by atoms with van der Waals surface area (Å²) in [5.74, 6) is -0.676. The number of nitrogens with one attached hydrogen (secondary N) is 1. The summed E-state index contributed by atoms with van der Waals surface area (Å²) in [4.78, 5) is 12.9. The molecule has 1 amide bonds. The molecule has 2 heterocycles. The van der Waals surface area contributed by atoms with E-state index in [0.717, 1.165) is 0 Å². The zero-order valence-corrected chi connectivity index (χ0v) is 17.8. The summed E-state index contributed by atoms with van der Waals surface area (Å²) in [6.45, 7) is 1.63. The minimum Gasteiger partial charge on any atom is -0.507 e. The zero-order chi connectivity index (χ0) is 22.8. The quantitative estimate of drug-likeness (QED) is 0.295. The summed E-state index contributed by atoms with van der Waals surface area (Å²) in [6, 6.07) is 11.3. The maximum atomic E-state index is 12.9. The number of nitrogens with zero attached hydrogens (tertiary/aromatic N) is 6. The number of carbonyl (C=O) groups excluding carboxylic acids is 1. The summed E-state index contributed by atoms with van der Waals surface area (Å²) >= 11 is 12.2. The van der Waals surface area contributed by atoms with Crippen molar-refractivity contribution in [3.63, 3.8) is 0 Å². The SMILES string of the molecule is C/C(=N\NC(=O)c1nnn(-c2nonc2N)c1-c1ccc(Cl)c(Cl)c1)c1ccccc1O. The highest BCUT2D eigenvalue weighted by atomic mass is 35.5. The maximum absolute atomic E-state index is 12.9. The fourth-order valence-electron chi connectivity index (χ4n) is 2.85. The second-order valence-electron chi connectivity index (χ2n) is 6.46. The molecule has 2 aromatic heterocycles. The average molecular weight is 473 g/mol. The Labute approximate surface area is 190 Å². The Bertz CT molecular complexity index is 1350. The number of benzene rings is 2. The van der Waals surface area contributed by atoms with Gasteiger partial charge in [-0.3, -0.25) is 4.79 Å². The van der Waals surface area contributed by atoms with E-state index in [1.54, 1.807) is 37.3 Å². The number of aromatic hydroxyl groups is 1. The average Bonchev–Trinajstić information content (AvgIpc) is 3.40. The Morgan fingerprint density at radius 1 is 1.19 bits per heavy atom. The fourth-order valence-corrected chi connectivity index (χ4v) is 3.15. The fraction of sp³-hybridized carbons (Fsp3) is 0.0526. The molecule has 0 aliphatic rings. The number of phenolic OH excluding ortho intramolecular Hbond substituents is 1. The van der Waals surface area contributed by atoms with Crippen molar-refractivity contribution in [1.82, 2.24) is 30.7 Å². The van der Waals surface area contributed by atoms with Crippen LogP contribution in [-0.4, -0.2) is 42.0 Å². The van der Waals surface area contributed by atoms with Crippen molar-refractivity contribution in [2.75, 3.05) is 5.73 Å². The van der Waals surface area contributed by atoms with Gasteiger partial charge in [0.15, 0.2) is 5.69 Å². The first kappa shape index (κ1) is 21.3. The van der Waals surface area contributed by atoms with Gasteiger partial charge in [0, 0.05) is 11.1 Å². The van der Waals surface area contributed by atoms with Gasteiger partial charge in [-0.1, -0.05) is 46.6 Å². The number of hydrogen-bond donors (Lipinski definition) is 3. The lowest BCUT2D eigenvalue weighted by Gasteiger charge is -2.08. The summed E-state index contributed by atoms with van der Waals surface area (Å²) in [7, 11) is 0. The van der Waals surface area contributed by atoms with Gasteiger partial charge in [0.25, 0.3) is 5.91 Å². The standard InChI is InChI=1S/C19H14Cl2N8O3/c1-9(11-4-2-3-5-14(11)30)23-25-19(31)15-16(10-6-7-12(20)13(21)8-10)29(28-24-15)18-17(22)26-32-27-18/h2-8,30H,1H3,(H2,22,26)(H,25,31)/b23-9+. The molecular weight excluding hydrogens is 459 g/mol. The van der Waals surface area contributed by atoms with E-state index in [1.165, 1.54) is 16.8 Å². The molecule has 2 aromatic carbocycles. The smallest absolute Gasteiger partial charge is 0.294 e. The number of hydrazone groups is 1. The lowest BCUT2D eigenvalue weighted by Crippen LogP contribution is -2.21. The van der Waals surface area contributed by atoms with Crippen LogP contribution in [-0.2, 0) is 0 Å². The van der Waals surface area contributed by atoms with E-state index in [4.69, 9.17) is 28.9 Å². The molecule has 11 nitrogen and oxygen atoms in total. The number of para-hydroxylation sites is 1. The normalized spacial score (nSPS) is 11.5. The van der Waals surface area contributed by atoms with Crippen LogP contribution in [0.4, 0.5) is 5.82 Å². The molecule has 0 atom stereocenters. The molecule has 0 aliphatic heterocycles. The lowest BCUT2D eigenvalue weighted by molar-refractivity contribution is 0.0950. The van der Waals surface area contributed by atoms with Gasteiger partial charge < -0.3 is 10.8 Å². The Morgan fingerprint density at radius 3 is 2.66 bits per heavy atom. The van der Waals surface area contributed by atoms with E-state index in [1.807, 2.05) is 0 Å². The first-order chi connectivity index (χ1) is 15.4. The van der Waals surface area contributed by atoms with E-state index in [9.17, 15) is 9.90 Å². The minimum absolute atomic E-state index is 0.0273. The summed E-state index contributed by atoms with van der Waals surface area (Å²) in [6.07, 6.45) is 0. The van der Waals surface area contributed by atoms with Crippen LogP contribution in [0, 0.1) is 0 Å². The predicted octanol–water partition coefficient (Wildman–Crippen LogP) is 3.07. The number of amides is 1. The van der Waals surface area contributed by atoms with Gasteiger partial charge in [-0.2, -0.15) is 9.78 Å². The van der Waals surface area contributed by atoms with Gasteiger partial charge in [-0.15, -0.1) is 5.10 Å². The number of halogens is 2. The number of rotatable bonds is 5. The van der Waals surface area contributed by atoms with Crippen molar-refractivity contribution in [1.29, 1.82) is 0 Å². The van der Waals surface area contributed by atoms with Crippen LogP contribution in [0.15, 0.2) is 52.2 Å². The number of carbonyl (C=O) groups is 1. The lowest BCUT2D eigenvalue weighted by atomic mass is 10.1. The molecule has 0 fully saturated rings. The minimum atomic E-state index is -0.679. The van der Waals surface area contributed by atoms with E-state index in [-0.39, 0.29) is 33.8 Å². The van der Waals surface area contributed by atoms with E-state index in [2.05, 4.69) is 35.8 Å². The van der Waals surface area contributed by atoms with Gasteiger partial charge in [-0.25, -0.2) is 10.1 Å². The molecule has 0 radical (unpaired) electrons. The molecule has 4 aromatic rings. The van der Waals surface area contributed by atoms with Crippen LogP contribution in [0.3, 0.4) is 0 Å². The zero-order valence-electron chi connectivity index (χ0n) is 16.3. The molecule has 0 aliphatic carbocycles. The van der Waals surface area contributed by atoms with Gasteiger partial charge in [-0.05, 0) is 41.5 Å². The number of phenols is 1.